The van der Waals surface area contributed by atoms with Gasteiger partial charge in [0.25, 0.3) is 0 Å². The Labute approximate surface area is 143 Å². The van der Waals surface area contributed by atoms with Crippen LogP contribution in [0.3, 0.4) is 0 Å². The van der Waals surface area contributed by atoms with Gasteiger partial charge in [0.05, 0.1) is 11.8 Å². The van der Waals surface area contributed by atoms with Crippen LogP contribution >= 0.6 is 12.4 Å². The molecule has 3 N–H and O–H groups in total. The van der Waals surface area contributed by atoms with Crippen molar-refractivity contribution in [2.45, 2.75) is 26.2 Å². The molecule has 2 unspecified atom stereocenters. The Hall–Kier alpha value is -1.34. The summed E-state index contributed by atoms with van der Waals surface area (Å²) in [5.41, 5.74) is 5.39. The Morgan fingerprint density at radius 3 is 2.65 bits per heavy atom. The summed E-state index contributed by atoms with van der Waals surface area (Å²) in [5.74, 6) is -0.377. The van der Waals surface area contributed by atoms with Gasteiger partial charge in [-0.05, 0) is 19.8 Å². The van der Waals surface area contributed by atoms with Crippen LogP contribution in [0.15, 0.2) is 0 Å². The molecule has 0 aliphatic carbocycles. The highest BCUT2D eigenvalue weighted by Crippen LogP contribution is 2.23. The Bertz CT molecular complexity index is 446. The number of carbonyl (C=O) groups is 3. The van der Waals surface area contributed by atoms with Crippen LogP contribution in [0.5, 0.6) is 0 Å². The summed E-state index contributed by atoms with van der Waals surface area (Å²) in [6.45, 7) is 5.08. The van der Waals surface area contributed by atoms with Gasteiger partial charge in [-0.15, -0.1) is 12.4 Å². The summed E-state index contributed by atoms with van der Waals surface area (Å²) in [7, 11) is 0. The van der Waals surface area contributed by atoms with E-state index in [4.69, 9.17) is 5.73 Å². The van der Waals surface area contributed by atoms with Crippen molar-refractivity contribution in [2.75, 3.05) is 39.3 Å². The molecule has 0 bridgehead atoms. The first kappa shape index (κ1) is 19.7. The number of halogens is 1. The summed E-state index contributed by atoms with van der Waals surface area (Å²) >= 11 is 0. The summed E-state index contributed by atoms with van der Waals surface area (Å²) in [4.78, 5) is 39.9. The first-order valence-electron chi connectivity index (χ1n) is 8.11. The zero-order chi connectivity index (χ0) is 16.1. The van der Waals surface area contributed by atoms with E-state index >= 15 is 0 Å². The number of nitrogens with two attached hydrogens (primary N) is 1. The molecule has 0 aromatic heterocycles. The molecule has 0 radical (unpaired) electrons. The predicted octanol–water partition coefficient (Wildman–Crippen LogP) is -0.410. The molecule has 2 saturated heterocycles. The van der Waals surface area contributed by atoms with Gasteiger partial charge in [-0.25, -0.2) is 0 Å². The van der Waals surface area contributed by atoms with E-state index < -0.39 is 0 Å². The lowest BCUT2D eigenvalue weighted by Gasteiger charge is -2.33. The molecule has 0 saturated carbocycles. The molecule has 132 valence electrons. The molecular formula is C15H27ClN4O3. The van der Waals surface area contributed by atoms with Crippen LogP contribution in [0.2, 0.25) is 0 Å². The zero-order valence-electron chi connectivity index (χ0n) is 13.6. The Morgan fingerprint density at radius 1 is 1.30 bits per heavy atom. The second-order valence-corrected chi connectivity index (χ2v) is 6.04. The third kappa shape index (κ3) is 4.81. The summed E-state index contributed by atoms with van der Waals surface area (Å²) in [5, 5.41) is 2.79. The maximum atomic E-state index is 12.6. The number of hydrogen-bond acceptors (Lipinski definition) is 4. The highest BCUT2D eigenvalue weighted by atomic mass is 35.5. The van der Waals surface area contributed by atoms with Crippen molar-refractivity contribution in [3.8, 4) is 0 Å². The van der Waals surface area contributed by atoms with Crippen LogP contribution in [0.25, 0.3) is 0 Å². The SMILES string of the molecule is CCN1CC(C(=O)N2CCCC(C(=O)NCCN)C2)CC1=O.Cl. The average molecular weight is 347 g/mol. The van der Waals surface area contributed by atoms with Gasteiger partial charge in [0.15, 0.2) is 0 Å². The minimum absolute atomic E-state index is 0. The lowest BCUT2D eigenvalue weighted by molar-refractivity contribution is -0.139. The smallest absolute Gasteiger partial charge is 0.228 e. The second kappa shape index (κ2) is 9.08. The number of piperidine rings is 1. The second-order valence-electron chi connectivity index (χ2n) is 6.04. The van der Waals surface area contributed by atoms with Crippen molar-refractivity contribution >= 4 is 30.1 Å². The molecular weight excluding hydrogens is 320 g/mol. The van der Waals surface area contributed by atoms with Gasteiger partial charge in [-0.1, -0.05) is 0 Å². The molecule has 8 heteroatoms. The molecule has 2 aliphatic rings. The molecule has 7 nitrogen and oxygen atoms in total. The first-order chi connectivity index (χ1) is 10.6. The van der Waals surface area contributed by atoms with E-state index in [0.29, 0.717) is 45.7 Å². The Morgan fingerprint density at radius 2 is 2.04 bits per heavy atom. The third-order valence-corrected chi connectivity index (χ3v) is 4.49. The van der Waals surface area contributed by atoms with E-state index in [1.165, 1.54) is 0 Å². The highest BCUT2D eigenvalue weighted by Gasteiger charge is 2.37. The van der Waals surface area contributed by atoms with Gasteiger partial charge in [-0.3, -0.25) is 14.4 Å². The molecule has 0 aromatic rings. The molecule has 2 heterocycles. The van der Waals surface area contributed by atoms with Crippen molar-refractivity contribution < 1.29 is 14.4 Å². The van der Waals surface area contributed by atoms with Crippen molar-refractivity contribution in [1.82, 2.24) is 15.1 Å². The summed E-state index contributed by atoms with van der Waals surface area (Å²) in [6, 6.07) is 0. The first-order valence-corrected chi connectivity index (χ1v) is 8.11. The Balaban J connectivity index is 0.00000264. The maximum Gasteiger partial charge on any atom is 0.228 e. The number of nitrogens with one attached hydrogen (secondary N) is 1. The minimum atomic E-state index is -0.252. The number of carbonyl (C=O) groups excluding carboxylic acids is 3. The molecule has 2 rings (SSSR count). The standard InChI is InChI=1S/C15H26N4O3.ClH/c1-2-18-10-12(8-13(18)20)15(22)19-7-3-4-11(9-19)14(21)17-6-5-16;/h11-12H,2-10,16H2,1H3,(H,17,21);1H. The number of rotatable bonds is 5. The van der Waals surface area contributed by atoms with Crippen molar-refractivity contribution in [2.24, 2.45) is 17.6 Å². The molecule has 0 aromatic carbocycles. The van der Waals surface area contributed by atoms with Crippen LogP contribution in [0.1, 0.15) is 26.2 Å². The molecule has 2 fully saturated rings. The van der Waals surface area contributed by atoms with Crippen LogP contribution < -0.4 is 11.1 Å². The Kier molecular flexibility index (Phi) is 7.78. The van der Waals surface area contributed by atoms with E-state index in [0.717, 1.165) is 12.8 Å². The van der Waals surface area contributed by atoms with E-state index in [2.05, 4.69) is 5.32 Å². The molecule has 3 amide bonds. The van der Waals surface area contributed by atoms with Crippen LogP contribution in [0, 0.1) is 11.8 Å². The van der Waals surface area contributed by atoms with E-state index in [1.54, 1.807) is 9.80 Å². The van der Waals surface area contributed by atoms with Crippen LogP contribution in [-0.4, -0.2) is 66.8 Å². The van der Waals surface area contributed by atoms with Crippen LogP contribution in [0.4, 0.5) is 0 Å². The molecule has 23 heavy (non-hydrogen) atoms. The lowest BCUT2D eigenvalue weighted by atomic mass is 9.95. The van der Waals surface area contributed by atoms with Crippen molar-refractivity contribution in [1.29, 1.82) is 0 Å². The van der Waals surface area contributed by atoms with Crippen molar-refractivity contribution in [3.05, 3.63) is 0 Å². The zero-order valence-corrected chi connectivity index (χ0v) is 14.4. The van der Waals surface area contributed by atoms with E-state index in [1.807, 2.05) is 6.92 Å². The maximum absolute atomic E-state index is 12.6. The molecule has 2 atom stereocenters. The van der Waals surface area contributed by atoms with Gasteiger partial charge >= 0.3 is 0 Å². The highest BCUT2D eigenvalue weighted by molar-refractivity contribution is 5.89. The number of hydrogen-bond donors (Lipinski definition) is 2. The van der Waals surface area contributed by atoms with Gasteiger partial charge in [0, 0.05) is 45.7 Å². The summed E-state index contributed by atoms with van der Waals surface area (Å²) in [6.07, 6.45) is 1.92. The third-order valence-electron chi connectivity index (χ3n) is 4.49. The number of amides is 3. The van der Waals surface area contributed by atoms with Gasteiger partial charge in [-0.2, -0.15) is 0 Å². The fourth-order valence-corrected chi connectivity index (χ4v) is 3.23. The predicted molar refractivity (Wildman–Crippen MR) is 89.0 cm³/mol. The molecule has 0 spiro atoms. The lowest BCUT2D eigenvalue weighted by Crippen LogP contribution is -2.48. The van der Waals surface area contributed by atoms with Gasteiger partial charge in [0.1, 0.15) is 0 Å². The van der Waals surface area contributed by atoms with Gasteiger partial charge < -0.3 is 20.9 Å². The van der Waals surface area contributed by atoms with Gasteiger partial charge in [0.2, 0.25) is 17.7 Å². The molecule has 2 aliphatic heterocycles. The quantitative estimate of drug-likeness (QED) is 0.707. The fraction of sp³-hybridized carbons (Fsp3) is 0.800. The number of likely N-dealkylation sites (tertiary alicyclic amines) is 2. The van der Waals surface area contributed by atoms with Crippen LogP contribution in [-0.2, 0) is 14.4 Å². The number of nitrogens with zero attached hydrogens (tertiary/aromatic N) is 2. The van der Waals surface area contributed by atoms with Crippen molar-refractivity contribution in [3.63, 3.8) is 0 Å². The topological polar surface area (TPSA) is 95.7 Å². The monoisotopic (exact) mass is 346 g/mol. The largest absolute Gasteiger partial charge is 0.355 e. The van der Waals surface area contributed by atoms with E-state index in [-0.39, 0.29) is 42.0 Å². The van der Waals surface area contributed by atoms with E-state index in [9.17, 15) is 14.4 Å². The average Bonchev–Trinajstić information content (AvgIpc) is 2.92. The fourth-order valence-electron chi connectivity index (χ4n) is 3.23. The summed E-state index contributed by atoms with van der Waals surface area (Å²) < 4.78 is 0. The normalized spacial score (nSPS) is 24.3. The minimum Gasteiger partial charge on any atom is -0.355 e.